The molecule has 2 aromatic rings. The SMILES string of the molecule is O=C([O-])[C@H]1CC=CC[C@H]1C(=O)NCCc1csc(-c2ccccc2)n1. The summed E-state index contributed by atoms with van der Waals surface area (Å²) in [7, 11) is 0. The molecule has 2 atom stereocenters. The fourth-order valence-corrected chi connectivity index (χ4v) is 3.80. The summed E-state index contributed by atoms with van der Waals surface area (Å²) in [6, 6.07) is 9.95. The van der Waals surface area contributed by atoms with Gasteiger partial charge >= 0.3 is 0 Å². The predicted octanol–water partition coefficient (Wildman–Crippen LogP) is 1.80. The number of thiazole rings is 1. The Morgan fingerprint density at radius 1 is 1.16 bits per heavy atom. The van der Waals surface area contributed by atoms with E-state index in [0.29, 0.717) is 25.8 Å². The highest BCUT2D eigenvalue weighted by Crippen LogP contribution is 2.26. The normalized spacial score (nSPS) is 19.5. The Bertz CT molecular complexity index is 770. The minimum Gasteiger partial charge on any atom is -0.550 e. The van der Waals surface area contributed by atoms with Crippen molar-refractivity contribution in [1.29, 1.82) is 0 Å². The Morgan fingerprint density at radius 3 is 2.60 bits per heavy atom. The summed E-state index contributed by atoms with van der Waals surface area (Å²) in [5, 5.41) is 16.9. The lowest BCUT2D eigenvalue weighted by atomic mass is 9.82. The molecule has 1 N–H and O–H groups in total. The van der Waals surface area contributed by atoms with Crippen LogP contribution < -0.4 is 10.4 Å². The Hall–Kier alpha value is -2.47. The van der Waals surface area contributed by atoms with Crippen LogP contribution >= 0.6 is 11.3 Å². The summed E-state index contributed by atoms with van der Waals surface area (Å²) >= 11 is 1.57. The average molecular weight is 355 g/mol. The molecule has 0 saturated carbocycles. The van der Waals surface area contributed by atoms with E-state index in [0.717, 1.165) is 16.3 Å². The summed E-state index contributed by atoms with van der Waals surface area (Å²) in [6.07, 6.45) is 5.07. The number of carboxylic acid groups (broad SMARTS) is 1. The number of carbonyl (C=O) groups excluding carboxylic acids is 2. The predicted molar refractivity (Wildman–Crippen MR) is 94.6 cm³/mol. The Labute approximate surface area is 150 Å². The lowest BCUT2D eigenvalue weighted by molar-refractivity contribution is -0.313. The van der Waals surface area contributed by atoms with E-state index >= 15 is 0 Å². The van der Waals surface area contributed by atoms with Crippen molar-refractivity contribution in [2.75, 3.05) is 6.54 Å². The maximum Gasteiger partial charge on any atom is 0.224 e. The molecule has 0 unspecified atom stereocenters. The molecule has 1 aliphatic rings. The molecule has 0 saturated heterocycles. The quantitative estimate of drug-likeness (QED) is 0.801. The second-order valence-corrected chi connectivity index (χ2v) is 6.88. The third-order valence-corrected chi connectivity index (χ3v) is 5.26. The number of nitrogens with one attached hydrogen (secondary N) is 1. The van der Waals surface area contributed by atoms with Gasteiger partial charge in [0.25, 0.3) is 0 Å². The number of rotatable bonds is 6. The summed E-state index contributed by atoms with van der Waals surface area (Å²) in [4.78, 5) is 28.0. The van der Waals surface area contributed by atoms with Crippen molar-refractivity contribution in [3.63, 3.8) is 0 Å². The highest BCUT2D eigenvalue weighted by molar-refractivity contribution is 7.13. The van der Waals surface area contributed by atoms with E-state index in [2.05, 4.69) is 10.3 Å². The topological polar surface area (TPSA) is 82.1 Å². The van der Waals surface area contributed by atoms with E-state index in [9.17, 15) is 14.7 Å². The second-order valence-electron chi connectivity index (χ2n) is 6.03. The van der Waals surface area contributed by atoms with Crippen molar-refractivity contribution in [3.05, 3.63) is 53.6 Å². The van der Waals surface area contributed by atoms with E-state index in [-0.39, 0.29) is 5.91 Å². The number of hydrogen-bond donors (Lipinski definition) is 1. The maximum atomic E-state index is 12.3. The van der Waals surface area contributed by atoms with Gasteiger partial charge in [-0.3, -0.25) is 4.79 Å². The van der Waals surface area contributed by atoms with Gasteiger partial charge in [0.15, 0.2) is 0 Å². The van der Waals surface area contributed by atoms with E-state index in [1.165, 1.54) is 0 Å². The van der Waals surface area contributed by atoms with Gasteiger partial charge in [-0.1, -0.05) is 42.5 Å². The van der Waals surface area contributed by atoms with Gasteiger partial charge in [-0.2, -0.15) is 0 Å². The fraction of sp³-hybridized carbons (Fsp3) is 0.316. The first-order valence-electron chi connectivity index (χ1n) is 8.28. The van der Waals surface area contributed by atoms with E-state index in [1.54, 1.807) is 17.4 Å². The number of amides is 1. The zero-order chi connectivity index (χ0) is 17.6. The van der Waals surface area contributed by atoms with Gasteiger partial charge < -0.3 is 15.2 Å². The van der Waals surface area contributed by atoms with Crippen molar-refractivity contribution in [2.45, 2.75) is 19.3 Å². The minimum atomic E-state index is -1.16. The number of nitrogens with zero attached hydrogens (tertiary/aromatic N) is 1. The Kier molecular flexibility index (Phi) is 5.60. The van der Waals surface area contributed by atoms with Crippen LogP contribution in [-0.2, 0) is 16.0 Å². The molecule has 0 radical (unpaired) electrons. The molecule has 0 spiro atoms. The molecule has 1 heterocycles. The van der Waals surface area contributed by atoms with Crippen molar-refractivity contribution < 1.29 is 14.7 Å². The molecule has 0 bridgehead atoms. The zero-order valence-electron chi connectivity index (χ0n) is 13.7. The van der Waals surface area contributed by atoms with Crippen LogP contribution in [0.25, 0.3) is 10.6 Å². The van der Waals surface area contributed by atoms with Crippen LogP contribution in [0.15, 0.2) is 47.9 Å². The molecule has 1 aromatic heterocycles. The molecule has 0 fully saturated rings. The van der Waals surface area contributed by atoms with Gasteiger partial charge in [-0.05, 0) is 12.8 Å². The molecule has 25 heavy (non-hydrogen) atoms. The van der Waals surface area contributed by atoms with Gasteiger partial charge in [0, 0.05) is 41.7 Å². The van der Waals surface area contributed by atoms with Gasteiger partial charge in [0.05, 0.1) is 5.69 Å². The van der Waals surface area contributed by atoms with Crippen molar-refractivity contribution in [2.24, 2.45) is 11.8 Å². The maximum absolute atomic E-state index is 12.3. The highest BCUT2D eigenvalue weighted by atomic mass is 32.1. The molecule has 1 aliphatic carbocycles. The molecular formula is C19H19N2O3S-. The van der Waals surface area contributed by atoms with Crippen LogP contribution in [0, 0.1) is 11.8 Å². The third-order valence-electron chi connectivity index (χ3n) is 4.32. The summed E-state index contributed by atoms with van der Waals surface area (Å²) < 4.78 is 0. The standard InChI is InChI=1S/C19H20N2O3S/c22-17(15-8-4-5-9-16(15)19(23)24)20-11-10-14-12-25-18(21-14)13-6-2-1-3-7-13/h1-7,12,15-16H,8-11H2,(H,20,22)(H,23,24)/p-1/t15-,16+/m1/s1. The number of benzene rings is 1. The van der Waals surface area contributed by atoms with Crippen molar-refractivity contribution in [3.8, 4) is 10.6 Å². The van der Waals surface area contributed by atoms with E-state index < -0.39 is 17.8 Å². The first-order valence-corrected chi connectivity index (χ1v) is 9.16. The Morgan fingerprint density at radius 2 is 1.88 bits per heavy atom. The van der Waals surface area contributed by atoms with Crippen LogP contribution in [0.5, 0.6) is 0 Å². The minimum absolute atomic E-state index is 0.225. The van der Waals surface area contributed by atoms with Gasteiger partial charge in [-0.15, -0.1) is 11.3 Å². The average Bonchev–Trinajstić information content (AvgIpc) is 3.11. The largest absolute Gasteiger partial charge is 0.550 e. The summed E-state index contributed by atoms with van der Waals surface area (Å²) in [5.41, 5.74) is 2.00. The van der Waals surface area contributed by atoms with E-state index in [4.69, 9.17) is 0 Å². The highest BCUT2D eigenvalue weighted by Gasteiger charge is 2.29. The summed E-state index contributed by atoms with van der Waals surface area (Å²) in [5.74, 6) is -2.67. The van der Waals surface area contributed by atoms with Gasteiger partial charge in [-0.25, -0.2) is 4.98 Å². The molecule has 1 amide bonds. The Balaban J connectivity index is 1.53. The van der Waals surface area contributed by atoms with Crippen LogP contribution in [0.4, 0.5) is 0 Å². The molecule has 5 nitrogen and oxygen atoms in total. The zero-order valence-corrected chi connectivity index (χ0v) is 14.5. The monoisotopic (exact) mass is 355 g/mol. The molecular weight excluding hydrogens is 336 g/mol. The summed E-state index contributed by atoms with van der Waals surface area (Å²) in [6.45, 7) is 0.441. The molecule has 3 rings (SSSR count). The van der Waals surface area contributed by atoms with Gasteiger partial charge in [0.2, 0.25) is 5.91 Å². The van der Waals surface area contributed by atoms with Crippen LogP contribution in [-0.4, -0.2) is 23.4 Å². The lowest BCUT2D eigenvalue weighted by Crippen LogP contribution is -2.44. The van der Waals surface area contributed by atoms with Crippen molar-refractivity contribution in [1.82, 2.24) is 10.3 Å². The van der Waals surface area contributed by atoms with Crippen molar-refractivity contribution >= 4 is 23.2 Å². The van der Waals surface area contributed by atoms with Gasteiger partial charge in [0.1, 0.15) is 5.01 Å². The first kappa shape index (κ1) is 17.4. The molecule has 1 aromatic carbocycles. The number of aromatic nitrogens is 1. The fourth-order valence-electron chi connectivity index (χ4n) is 2.94. The first-order chi connectivity index (χ1) is 12.1. The smallest absolute Gasteiger partial charge is 0.224 e. The number of aliphatic carboxylic acids is 1. The molecule has 6 heteroatoms. The number of carbonyl (C=O) groups is 2. The number of carboxylic acids is 1. The molecule has 130 valence electrons. The van der Waals surface area contributed by atoms with Crippen LogP contribution in [0.2, 0.25) is 0 Å². The van der Waals surface area contributed by atoms with Crippen LogP contribution in [0.1, 0.15) is 18.5 Å². The second kappa shape index (κ2) is 8.07. The van der Waals surface area contributed by atoms with E-state index in [1.807, 2.05) is 41.8 Å². The molecule has 0 aliphatic heterocycles. The number of allylic oxidation sites excluding steroid dienone is 2. The third kappa shape index (κ3) is 4.33. The van der Waals surface area contributed by atoms with Crippen LogP contribution in [0.3, 0.4) is 0 Å². The lowest BCUT2D eigenvalue weighted by Gasteiger charge is -2.28. The number of hydrogen-bond acceptors (Lipinski definition) is 5.